The van der Waals surface area contributed by atoms with Crippen LogP contribution in [0.3, 0.4) is 0 Å². The van der Waals surface area contributed by atoms with E-state index < -0.39 is 0 Å². The molecule has 0 aliphatic carbocycles. The molecule has 2 aromatic carbocycles. The van der Waals surface area contributed by atoms with E-state index in [-0.39, 0.29) is 6.03 Å². The summed E-state index contributed by atoms with van der Waals surface area (Å²) >= 11 is 5.06. The normalized spacial score (nSPS) is 10.3. The lowest BCUT2D eigenvalue weighted by Crippen LogP contribution is -2.28. The van der Waals surface area contributed by atoms with Crippen LogP contribution in [0.2, 0.25) is 0 Å². The van der Waals surface area contributed by atoms with Crippen molar-refractivity contribution in [2.75, 3.05) is 10.0 Å². The molecule has 0 saturated heterocycles. The molecular formula is C20H19BrN4OS. The quantitative estimate of drug-likeness (QED) is 0.427. The van der Waals surface area contributed by atoms with Gasteiger partial charge in [0.1, 0.15) is 0 Å². The summed E-state index contributed by atoms with van der Waals surface area (Å²) in [6.07, 6.45) is 3.41. The Morgan fingerprint density at radius 2 is 1.56 bits per heavy atom. The summed E-state index contributed by atoms with van der Waals surface area (Å²) in [7, 11) is 0. The second-order valence-corrected chi connectivity index (χ2v) is 7.45. The largest absolute Gasteiger partial charge is 0.334 e. The van der Waals surface area contributed by atoms with Gasteiger partial charge in [0.05, 0.1) is 0 Å². The van der Waals surface area contributed by atoms with Crippen molar-refractivity contribution in [3.05, 3.63) is 88.7 Å². The van der Waals surface area contributed by atoms with Gasteiger partial charge in [0.15, 0.2) is 0 Å². The number of benzene rings is 2. The summed E-state index contributed by atoms with van der Waals surface area (Å²) in [6, 6.07) is 19.4. The number of anilines is 2. The van der Waals surface area contributed by atoms with Crippen molar-refractivity contribution in [3.63, 3.8) is 0 Å². The number of pyridine rings is 1. The molecule has 3 aromatic rings. The molecule has 2 amide bonds. The van der Waals surface area contributed by atoms with E-state index in [1.54, 1.807) is 24.3 Å². The van der Waals surface area contributed by atoms with Gasteiger partial charge in [-0.1, -0.05) is 28.1 Å². The number of halogens is 1. The van der Waals surface area contributed by atoms with E-state index in [1.807, 2.05) is 48.5 Å². The van der Waals surface area contributed by atoms with E-state index in [0.29, 0.717) is 6.54 Å². The van der Waals surface area contributed by atoms with Crippen LogP contribution in [0.15, 0.2) is 77.5 Å². The summed E-state index contributed by atoms with van der Waals surface area (Å²) < 4.78 is 4.39. The maximum absolute atomic E-state index is 12.0. The Morgan fingerprint density at radius 1 is 0.889 bits per heavy atom. The van der Waals surface area contributed by atoms with E-state index in [9.17, 15) is 4.79 Å². The third-order valence-corrected chi connectivity index (χ3v) is 5.07. The van der Waals surface area contributed by atoms with Gasteiger partial charge in [-0.25, -0.2) is 4.79 Å². The smallest absolute Gasteiger partial charge is 0.319 e. The number of carbonyl (C=O) groups is 1. The van der Waals surface area contributed by atoms with E-state index in [2.05, 4.69) is 48.4 Å². The Labute approximate surface area is 171 Å². The number of nitrogens with zero attached hydrogens (tertiary/aromatic N) is 1. The number of carbonyl (C=O) groups excluding carboxylic acids is 1. The number of nitrogens with one attached hydrogen (secondary N) is 3. The molecule has 3 N–H and O–H groups in total. The summed E-state index contributed by atoms with van der Waals surface area (Å²) in [5.74, 6) is 0.866. The van der Waals surface area contributed by atoms with Gasteiger partial charge < -0.3 is 15.4 Å². The molecule has 0 spiro atoms. The molecule has 138 valence electrons. The van der Waals surface area contributed by atoms with Crippen LogP contribution in [0.4, 0.5) is 16.2 Å². The van der Waals surface area contributed by atoms with Crippen LogP contribution in [0.25, 0.3) is 0 Å². The molecular weight excluding hydrogens is 424 g/mol. The predicted octanol–water partition coefficient (Wildman–Crippen LogP) is 5.43. The van der Waals surface area contributed by atoms with Crippen LogP contribution in [0, 0.1) is 0 Å². The molecule has 3 rings (SSSR count). The molecule has 7 heteroatoms. The topological polar surface area (TPSA) is 66.0 Å². The van der Waals surface area contributed by atoms with E-state index in [0.717, 1.165) is 27.2 Å². The fourth-order valence-corrected chi connectivity index (χ4v) is 3.26. The molecule has 0 aliphatic rings. The van der Waals surface area contributed by atoms with Gasteiger partial charge in [0, 0.05) is 40.5 Å². The molecule has 0 saturated carbocycles. The lowest BCUT2D eigenvalue weighted by atomic mass is 10.2. The maximum Gasteiger partial charge on any atom is 0.319 e. The van der Waals surface area contributed by atoms with Crippen molar-refractivity contribution in [2.45, 2.75) is 12.3 Å². The third-order valence-electron chi connectivity index (χ3n) is 3.69. The average molecular weight is 443 g/mol. The van der Waals surface area contributed by atoms with Gasteiger partial charge in [-0.3, -0.25) is 4.98 Å². The standard InChI is InChI=1S/C20H19BrN4OS/c21-17-3-1-16(2-4-17)14-27-25-19-7-5-18(6-8-19)24-20(26)23-13-15-9-11-22-12-10-15/h1-12,25H,13-14H2,(H2,23,24,26). The van der Waals surface area contributed by atoms with Gasteiger partial charge in [-0.15, -0.1) is 0 Å². The Morgan fingerprint density at radius 3 is 2.26 bits per heavy atom. The zero-order valence-electron chi connectivity index (χ0n) is 14.5. The van der Waals surface area contributed by atoms with Crippen molar-refractivity contribution in [1.82, 2.24) is 10.3 Å². The number of hydrogen-bond donors (Lipinski definition) is 3. The maximum atomic E-state index is 12.0. The minimum atomic E-state index is -0.239. The Kier molecular flexibility index (Phi) is 7.12. The minimum Gasteiger partial charge on any atom is -0.334 e. The van der Waals surface area contributed by atoms with E-state index >= 15 is 0 Å². The van der Waals surface area contributed by atoms with Crippen LogP contribution >= 0.6 is 27.9 Å². The second kappa shape index (κ2) is 9.99. The lowest BCUT2D eigenvalue weighted by molar-refractivity contribution is 0.251. The van der Waals surface area contributed by atoms with Crippen molar-refractivity contribution in [3.8, 4) is 0 Å². The molecule has 0 radical (unpaired) electrons. The highest BCUT2D eigenvalue weighted by atomic mass is 79.9. The first-order valence-electron chi connectivity index (χ1n) is 8.35. The molecule has 27 heavy (non-hydrogen) atoms. The number of amides is 2. The summed E-state index contributed by atoms with van der Waals surface area (Å²) in [4.78, 5) is 15.9. The molecule has 0 fully saturated rings. The summed E-state index contributed by atoms with van der Waals surface area (Å²) in [6.45, 7) is 0.459. The van der Waals surface area contributed by atoms with Gasteiger partial charge >= 0.3 is 6.03 Å². The van der Waals surface area contributed by atoms with Gasteiger partial charge in [-0.2, -0.15) is 0 Å². The predicted molar refractivity (Wildman–Crippen MR) is 116 cm³/mol. The van der Waals surface area contributed by atoms with Gasteiger partial charge in [0.25, 0.3) is 0 Å². The monoisotopic (exact) mass is 442 g/mol. The summed E-state index contributed by atoms with van der Waals surface area (Å²) in [5, 5.41) is 5.64. The molecule has 0 bridgehead atoms. The molecule has 0 atom stereocenters. The molecule has 5 nitrogen and oxygen atoms in total. The highest BCUT2D eigenvalue weighted by Gasteiger charge is 2.02. The minimum absolute atomic E-state index is 0.239. The average Bonchev–Trinajstić information content (AvgIpc) is 2.70. The number of urea groups is 1. The molecule has 1 heterocycles. The van der Waals surface area contributed by atoms with Crippen molar-refractivity contribution < 1.29 is 4.79 Å². The highest BCUT2D eigenvalue weighted by Crippen LogP contribution is 2.20. The zero-order chi connectivity index (χ0) is 18.9. The first kappa shape index (κ1) is 19.3. The van der Waals surface area contributed by atoms with E-state index in [4.69, 9.17) is 0 Å². The second-order valence-electron chi connectivity index (χ2n) is 5.76. The summed E-state index contributed by atoms with van der Waals surface area (Å²) in [5.41, 5.74) is 3.98. The Hall–Kier alpha value is -2.51. The molecule has 1 aromatic heterocycles. The van der Waals surface area contributed by atoms with Crippen LogP contribution in [-0.4, -0.2) is 11.0 Å². The first-order chi connectivity index (χ1) is 13.2. The van der Waals surface area contributed by atoms with Crippen molar-refractivity contribution in [2.24, 2.45) is 0 Å². The Bertz CT molecular complexity index is 857. The van der Waals surface area contributed by atoms with Gasteiger partial charge in [-0.05, 0) is 71.6 Å². The number of hydrogen-bond acceptors (Lipinski definition) is 4. The van der Waals surface area contributed by atoms with Crippen LogP contribution in [-0.2, 0) is 12.3 Å². The van der Waals surface area contributed by atoms with Crippen LogP contribution < -0.4 is 15.4 Å². The third kappa shape index (κ3) is 6.62. The fraction of sp³-hybridized carbons (Fsp3) is 0.100. The van der Waals surface area contributed by atoms with Crippen molar-refractivity contribution in [1.29, 1.82) is 0 Å². The van der Waals surface area contributed by atoms with Gasteiger partial charge in [0.2, 0.25) is 0 Å². The van der Waals surface area contributed by atoms with Crippen LogP contribution in [0.5, 0.6) is 0 Å². The Balaban J connectivity index is 1.41. The number of rotatable bonds is 7. The number of aromatic nitrogens is 1. The van der Waals surface area contributed by atoms with Crippen molar-refractivity contribution >= 4 is 45.3 Å². The SMILES string of the molecule is O=C(NCc1ccncc1)Nc1ccc(NSCc2ccc(Br)cc2)cc1. The fourth-order valence-electron chi connectivity index (χ4n) is 2.26. The van der Waals surface area contributed by atoms with E-state index in [1.165, 1.54) is 5.56 Å². The highest BCUT2D eigenvalue weighted by molar-refractivity contribution is 9.10. The zero-order valence-corrected chi connectivity index (χ0v) is 16.9. The van der Waals surface area contributed by atoms with Crippen LogP contribution in [0.1, 0.15) is 11.1 Å². The molecule has 0 aliphatic heterocycles. The molecule has 0 unspecified atom stereocenters. The first-order valence-corrected chi connectivity index (χ1v) is 10.1. The lowest BCUT2D eigenvalue weighted by Gasteiger charge is -2.09.